The van der Waals surface area contributed by atoms with Crippen LogP contribution in [0.1, 0.15) is 11.1 Å². The highest BCUT2D eigenvalue weighted by molar-refractivity contribution is 9.10. The third-order valence-corrected chi connectivity index (χ3v) is 2.77. The van der Waals surface area contributed by atoms with Gasteiger partial charge in [-0.05, 0) is 39.7 Å². The number of alkyl halides is 3. The molecule has 0 amide bonds. The molecule has 0 aliphatic rings. The third kappa shape index (κ3) is 3.96. The predicted molar refractivity (Wildman–Crippen MR) is 67.7 cm³/mol. The number of ether oxygens (including phenoxy) is 1. The van der Waals surface area contributed by atoms with E-state index in [0.717, 1.165) is 16.6 Å². The van der Waals surface area contributed by atoms with Crippen LogP contribution in [0.25, 0.3) is 0 Å². The molecule has 2 rings (SSSR count). The molecule has 0 fully saturated rings. The van der Waals surface area contributed by atoms with Crippen LogP contribution >= 0.6 is 15.9 Å². The van der Waals surface area contributed by atoms with Crippen LogP contribution in [0, 0.1) is 0 Å². The fraction of sp³-hybridized carbons (Fsp3) is 0.154. The van der Waals surface area contributed by atoms with E-state index in [1.807, 2.05) is 0 Å². The van der Waals surface area contributed by atoms with E-state index in [1.165, 1.54) is 12.3 Å². The Morgan fingerprint density at radius 1 is 1.16 bits per heavy atom. The number of hydrogen-bond acceptors (Lipinski definition) is 2. The molecule has 0 saturated carbocycles. The van der Waals surface area contributed by atoms with Gasteiger partial charge in [-0.25, -0.2) is 0 Å². The van der Waals surface area contributed by atoms with E-state index in [4.69, 9.17) is 4.74 Å². The molecule has 0 saturated heterocycles. The van der Waals surface area contributed by atoms with Gasteiger partial charge in [0, 0.05) is 10.7 Å². The van der Waals surface area contributed by atoms with E-state index in [1.54, 1.807) is 18.3 Å². The topological polar surface area (TPSA) is 22.1 Å². The molecule has 19 heavy (non-hydrogen) atoms. The molecule has 1 aromatic heterocycles. The zero-order valence-electron chi connectivity index (χ0n) is 9.62. The summed E-state index contributed by atoms with van der Waals surface area (Å²) < 4.78 is 43.7. The molecule has 0 unspecified atom stereocenters. The minimum Gasteiger partial charge on any atom is -0.487 e. The van der Waals surface area contributed by atoms with Crippen LogP contribution in [0.5, 0.6) is 5.75 Å². The first-order chi connectivity index (χ1) is 8.95. The molecule has 2 aromatic rings. The maximum Gasteiger partial charge on any atom is 0.416 e. The van der Waals surface area contributed by atoms with Gasteiger partial charge in [-0.1, -0.05) is 12.1 Å². The highest BCUT2D eigenvalue weighted by atomic mass is 79.9. The first-order valence-corrected chi connectivity index (χ1v) is 6.14. The Balaban J connectivity index is 2.08. The van der Waals surface area contributed by atoms with Crippen molar-refractivity contribution in [2.75, 3.05) is 0 Å². The SMILES string of the molecule is FC(F)(F)c1cccc(COc2cncc(Br)c2)c1. The van der Waals surface area contributed by atoms with Gasteiger partial charge in [-0.15, -0.1) is 0 Å². The van der Waals surface area contributed by atoms with Gasteiger partial charge in [0.15, 0.2) is 0 Å². The molecule has 0 bridgehead atoms. The molecule has 100 valence electrons. The second kappa shape index (κ2) is 5.61. The summed E-state index contributed by atoms with van der Waals surface area (Å²) in [6.07, 6.45) is -1.25. The second-order valence-corrected chi connectivity index (χ2v) is 4.74. The molecular weight excluding hydrogens is 323 g/mol. The Morgan fingerprint density at radius 3 is 2.63 bits per heavy atom. The largest absolute Gasteiger partial charge is 0.487 e. The highest BCUT2D eigenvalue weighted by Gasteiger charge is 2.30. The van der Waals surface area contributed by atoms with Crippen LogP contribution in [0.3, 0.4) is 0 Å². The van der Waals surface area contributed by atoms with Crippen LogP contribution in [-0.2, 0) is 12.8 Å². The van der Waals surface area contributed by atoms with E-state index < -0.39 is 11.7 Å². The van der Waals surface area contributed by atoms with Crippen molar-refractivity contribution < 1.29 is 17.9 Å². The maximum atomic E-state index is 12.5. The fourth-order valence-corrected chi connectivity index (χ4v) is 1.82. The number of nitrogens with zero attached hydrogens (tertiary/aromatic N) is 1. The minimum absolute atomic E-state index is 0.0576. The van der Waals surface area contributed by atoms with Crippen molar-refractivity contribution in [3.05, 3.63) is 58.3 Å². The summed E-state index contributed by atoms with van der Waals surface area (Å²) in [6.45, 7) is 0.0576. The Morgan fingerprint density at radius 2 is 1.95 bits per heavy atom. The summed E-state index contributed by atoms with van der Waals surface area (Å²) in [5, 5.41) is 0. The summed E-state index contributed by atoms with van der Waals surface area (Å²) in [7, 11) is 0. The Bertz CT molecular complexity index is 572. The van der Waals surface area contributed by atoms with E-state index in [-0.39, 0.29) is 6.61 Å². The molecule has 0 spiro atoms. The molecule has 0 atom stereocenters. The smallest absolute Gasteiger partial charge is 0.416 e. The first kappa shape index (κ1) is 13.9. The molecule has 0 radical (unpaired) electrons. The average molecular weight is 332 g/mol. The number of pyridine rings is 1. The van der Waals surface area contributed by atoms with E-state index >= 15 is 0 Å². The minimum atomic E-state index is -4.34. The summed E-state index contributed by atoms with van der Waals surface area (Å²) in [5.41, 5.74) is -0.226. The quantitative estimate of drug-likeness (QED) is 0.829. The number of hydrogen-bond donors (Lipinski definition) is 0. The Hall–Kier alpha value is -1.56. The van der Waals surface area contributed by atoms with E-state index in [9.17, 15) is 13.2 Å². The van der Waals surface area contributed by atoms with Gasteiger partial charge in [0.2, 0.25) is 0 Å². The van der Waals surface area contributed by atoms with Crippen molar-refractivity contribution in [1.29, 1.82) is 0 Å². The van der Waals surface area contributed by atoms with E-state index in [2.05, 4.69) is 20.9 Å². The molecule has 0 N–H and O–H groups in total. The van der Waals surface area contributed by atoms with Crippen LogP contribution in [-0.4, -0.2) is 4.98 Å². The molecule has 0 aliphatic carbocycles. The van der Waals surface area contributed by atoms with E-state index in [0.29, 0.717) is 11.3 Å². The number of aromatic nitrogens is 1. The van der Waals surface area contributed by atoms with Gasteiger partial charge in [-0.2, -0.15) is 13.2 Å². The molecule has 6 heteroatoms. The summed E-state index contributed by atoms with van der Waals surface area (Å²) in [5.74, 6) is 0.492. The second-order valence-electron chi connectivity index (χ2n) is 3.83. The Kier molecular flexibility index (Phi) is 4.09. The van der Waals surface area contributed by atoms with Crippen molar-refractivity contribution >= 4 is 15.9 Å². The van der Waals surface area contributed by atoms with Crippen LogP contribution in [0.2, 0.25) is 0 Å². The predicted octanol–water partition coefficient (Wildman–Crippen LogP) is 4.44. The number of halogens is 4. The average Bonchev–Trinajstić information content (AvgIpc) is 2.36. The molecule has 2 nitrogen and oxygen atoms in total. The van der Waals surface area contributed by atoms with Gasteiger partial charge < -0.3 is 4.74 Å². The van der Waals surface area contributed by atoms with Crippen molar-refractivity contribution in [3.63, 3.8) is 0 Å². The van der Waals surface area contributed by atoms with Crippen molar-refractivity contribution in [1.82, 2.24) is 4.98 Å². The normalized spacial score (nSPS) is 11.4. The lowest BCUT2D eigenvalue weighted by Gasteiger charge is -2.10. The van der Waals surface area contributed by atoms with Crippen molar-refractivity contribution in [2.45, 2.75) is 12.8 Å². The van der Waals surface area contributed by atoms with Crippen molar-refractivity contribution in [3.8, 4) is 5.75 Å². The van der Waals surface area contributed by atoms with Gasteiger partial charge in [-0.3, -0.25) is 4.98 Å². The molecule has 1 aromatic carbocycles. The molecule has 0 aliphatic heterocycles. The van der Waals surface area contributed by atoms with Gasteiger partial charge in [0.05, 0.1) is 11.8 Å². The van der Waals surface area contributed by atoms with Crippen LogP contribution in [0.4, 0.5) is 13.2 Å². The fourth-order valence-electron chi connectivity index (χ4n) is 1.48. The summed E-state index contributed by atoms with van der Waals surface area (Å²) >= 11 is 3.23. The number of benzene rings is 1. The van der Waals surface area contributed by atoms with Crippen LogP contribution < -0.4 is 4.74 Å². The lowest BCUT2D eigenvalue weighted by molar-refractivity contribution is -0.137. The molecule has 1 heterocycles. The number of rotatable bonds is 3. The lowest BCUT2D eigenvalue weighted by Crippen LogP contribution is -2.06. The zero-order valence-corrected chi connectivity index (χ0v) is 11.2. The Labute approximate surface area is 116 Å². The first-order valence-electron chi connectivity index (χ1n) is 5.34. The summed E-state index contributed by atoms with van der Waals surface area (Å²) in [4.78, 5) is 3.90. The third-order valence-electron chi connectivity index (χ3n) is 2.34. The maximum absolute atomic E-state index is 12.5. The lowest BCUT2D eigenvalue weighted by atomic mass is 10.1. The van der Waals surface area contributed by atoms with Crippen molar-refractivity contribution in [2.24, 2.45) is 0 Å². The standard InChI is InChI=1S/C13H9BrF3NO/c14-11-5-12(7-18-6-11)19-8-9-2-1-3-10(4-9)13(15,16)17/h1-7H,8H2. The van der Waals surface area contributed by atoms with Crippen LogP contribution in [0.15, 0.2) is 47.2 Å². The summed E-state index contributed by atoms with van der Waals surface area (Å²) in [6, 6.07) is 6.75. The highest BCUT2D eigenvalue weighted by Crippen LogP contribution is 2.29. The van der Waals surface area contributed by atoms with Gasteiger partial charge in [0.25, 0.3) is 0 Å². The van der Waals surface area contributed by atoms with Gasteiger partial charge >= 0.3 is 6.18 Å². The van der Waals surface area contributed by atoms with Gasteiger partial charge in [0.1, 0.15) is 12.4 Å². The zero-order chi connectivity index (χ0) is 13.9. The monoisotopic (exact) mass is 331 g/mol. The molecular formula is C13H9BrF3NO.